The average Bonchev–Trinajstić information content (AvgIpc) is 2.49. The number of carbonyl (C=O) groups is 1. The van der Waals surface area contributed by atoms with Crippen molar-refractivity contribution in [2.24, 2.45) is 0 Å². The Bertz CT molecular complexity index is 805. The summed E-state index contributed by atoms with van der Waals surface area (Å²) < 4.78 is 27.0. The smallest absolute Gasteiger partial charge is 0.261 e. The summed E-state index contributed by atoms with van der Waals surface area (Å²) in [5.41, 5.74) is 0.487. The zero-order valence-electron chi connectivity index (χ0n) is 12.7. The van der Waals surface area contributed by atoms with Crippen LogP contribution >= 0.6 is 11.6 Å². The van der Waals surface area contributed by atoms with E-state index >= 15 is 0 Å². The van der Waals surface area contributed by atoms with Gasteiger partial charge in [0.15, 0.2) is 0 Å². The molecule has 0 heterocycles. The van der Waals surface area contributed by atoms with Crippen LogP contribution in [-0.2, 0) is 10.0 Å². The van der Waals surface area contributed by atoms with Gasteiger partial charge in [-0.05, 0) is 44.2 Å². The normalized spacial score (nSPS) is 11.3. The van der Waals surface area contributed by atoms with Crippen LogP contribution < -0.4 is 10.0 Å². The quantitative estimate of drug-likeness (QED) is 0.867. The number of hydrogen-bond donors (Lipinski definition) is 2. The molecular formula is C16H17ClN2O3S. The molecule has 2 aromatic carbocycles. The van der Waals surface area contributed by atoms with Crippen LogP contribution in [0.2, 0.25) is 5.02 Å². The van der Waals surface area contributed by atoms with Gasteiger partial charge in [-0.15, -0.1) is 0 Å². The maximum Gasteiger partial charge on any atom is 0.261 e. The molecule has 7 heteroatoms. The molecular weight excluding hydrogens is 336 g/mol. The van der Waals surface area contributed by atoms with Crippen LogP contribution in [0.3, 0.4) is 0 Å². The highest BCUT2D eigenvalue weighted by atomic mass is 35.5. The molecule has 2 rings (SSSR count). The highest BCUT2D eigenvalue weighted by Gasteiger charge is 2.16. The van der Waals surface area contributed by atoms with Gasteiger partial charge in [-0.2, -0.15) is 0 Å². The zero-order valence-corrected chi connectivity index (χ0v) is 14.3. The van der Waals surface area contributed by atoms with Gasteiger partial charge in [0, 0.05) is 11.7 Å². The molecule has 0 saturated heterocycles. The van der Waals surface area contributed by atoms with Gasteiger partial charge in [0.05, 0.1) is 15.5 Å². The second kappa shape index (κ2) is 7.02. The minimum Gasteiger partial charge on any atom is -0.350 e. The number of halogens is 1. The Balaban J connectivity index is 2.30. The molecule has 0 radical (unpaired) electrons. The number of anilines is 1. The maximum absolute atomic E-state index is 12.3. The van der Waals surface area contributed by atoms with Crippen molar-refractivity contribution in [2.45, 2.75) is 24.8 Å². The summed E-state index contributed by atoms with van der Waals surface area (Å²) in [6, 6.07) is 12.3. The second-order valence-corrected chi connectivity index (χ2v) is 7.33. The number of benzene rings is 2. The average molecular weight is 353 g/mol. The van der Waals surface area contributed by atoms with E-state index in [9.17, 15) is 13.2 Å². The van der Waals surface area contributed by atoms with Crippen LogP contribution in [0, 0.1) is 0 Å². The van der Waals surface area contributed by atoms with Crippen molar-refractivity contribution in [1.82, 2.24) is 5.32 Å². The molecule has 0 fully saturated rings. The Kier molecular flexibility index (Phi) is 5.28. The van der Waals surface area contributed by atoms with Gasteiger partial charge in [-0.25, -0.2) is 8.42 Å². The molecule has 5 nitrogen and oxygen atoms in total. The Morgan fingerprint density at radius 1 is 1.09 bits per heavy atom. The van der Waals surface area contributed by atoms with Crippen LogP contribution in [0.25, 0.3) is 0 Å². The predicted octanol–water partition coefficient (Wildman–Crippen LogP) is 3.28. The first-order chi connectivity index (χ1) is 10.8. The van der Waals surface area contributed by atoms with Crippen molar-refractivity contribution in [1.29, 1.82) is 0 Å². The fraction of sp³-hybridized carbons (Fsp3) is 0.188. The molecule has 0 aliphatic rings. The largest absolute Gasteiger partial charge is 0.350 e. The van der Waals surface area contributed by atoms with Crippen molar-refractivity contribution in [2.75, 3.05) is 4.72 Å². The van der Waals surface area contributed by atoms with E-state index in [4.69, 9.17) is 11.6 Å². The monoisotopic (exact) mass is 352 g/mol. The van der Waals surface area contributed by atoms with E-state index < -0.39 is 10.0 Å². The molecule has 0 aliphatic carbocycles. The number of amides is 1. The molecule has 0 unspecified atom stereocenters. The van der Waals surface area contributed by atoms with Crippen LogP contribution in [-0.4, -0.2) is 20.4 Å². The van der Waals surface area contributed by atoms with E-state index in [0.717, 1.165) is 0 Å². The standard InChI is InChI=1S/C16H17ClN2O3S/c1-11(2)18-16(20)14-10-12(8-9-15(14)17)19-23(21,22)13-6-4-3-5-7-13/h3-11,19H,1-2H3,(H,18,20). The van der Waals surface area contributed by atoms with Gasteiger partial charge in [0.25, 0.3) is 15.9 Å². The first-order valence-electron chi connectivity index (χ1n) is 6.98. The molecule has 0 aromatic heterocycles. The number of hydrogen-bond acceptors (Lipinski definition) is 3. The lowest BCUT2D eigenvalue weighted by Gasteiger charge is -2.12. The summed E-state index contributed by atoms with van der Waals surface area (Å²) in [4.78, 5) is 12.2. The highest BCUT2D eigenvalue weighted by Crippen LogP contribution is 2.23. The molecule has 122 valence electrons. The zero-order chi connectivity index (χ0) is 17.0. The summed E-state index contributed by atoms with van der Waals surface area (Å²) in [5, 5.41) is 2.98. The van der Waals surface area contributed by atoms with Crippen LogP contribution in [0.5, 0.6) is 0 Å². The third-order valence-corrected chi connectivity index (χ3v) is 4.66. The number of rotatable bonds is 5. The second-order valence-electron chi connectivity index (χ2n) is 5.24. The minimum atomic E-state index is -3.72. The third-order valence-electron chi connectivity index (χ3n) is 2.94. The van der Waals surface area contributed by atoms with Gasteiger partial charge < -0.3 is 5.32 Å². The molecule has 0 bridgehead atoms. The first kappa shape index (κ1) is 17.3. The van der Waals surface area contributed by atoms with E-state index in [1.165, 1.54) is 30.3 Å². The molecule has 1 amide bonds. The SMILES string of the molecule is CC(C)NC(=O)c1cc(NS(=O)(=O)c2ccccc2)ccc1Cl. The minimum absolute atomic E-state index is 0.0526. The van der Waals surface area contributed by atoms with Crippen LogP contribution in [0.15, 0.2) is 53.4 Å². The van der Waals surface area contributed by atoms with Gasteiger partial charge in [0.2, 0.25) is 0 Å². The van der Waals surface area contributed by atoms with Crippen molar-refractivity contribution >= 4 is 33.2 Å². The number of nitrogens with one attached hydrogen (secondary N) is 2. The number of sulfonamides is 1. The van der Waals surface area contributed by atoms with E-state index in [0.29, 0.717) is 0 Å². The predicted molar refractivity (Wildman–Crippen MR) is 91.3 cm³/mol. The van der Waals surface area contributed by atoms with E-state index in [1.54, 1.807) is 18.2 Å². The lowest BCUT2D eigenvalue weighted by atomic mass is 10.2. The summed E-state index contributed by atoms with van der Waals surface area (Å²) in [6.07, 6.45) is 0. The lowest BCUT2D eigenvalue weighted by Crippen LogP contribution is -2.30. The summed E-state index contributed by atoms with van der Waals surface area (Å²) >= 11 is 6.02. The van der Waals surface area contributed by atoms with Gasteiger partial charge in [-0.3, -0.25) is 9.52 Å². The van der Waals surface area contributed by atoms with Gasteiger partial charge in [0.1, 0.15) is 0 Å². The third kappa shape index (κ3) is 4.46. The maximum atomic E-state index is 12.3. The van der Waals surface area contributed by atoms with E-state index in [1.807, 2.05) is 13.8 Å². The molecule has 2 N–H and O–H groups in total. The van der Waals surface area contributed by atoms with E-state index in [2.05, 4.69) is 10.0 Å². The van der Waals surface area contributed by atoms with Crippen molar-refractivity contribution in [3.8, 4) is 0 Å². The molecule has 23 heavy (non-hydrogen) atoms. The van der Waals surface area contributed by atoms with Gasteiger partial charge in [-0.1, -0.05) is 29.8 Å². The molecule has 0 saturated carbocycles. The Morgan fingerprint density at radius 3 is 2.35 bits per heavy atom. The number of carbonyl (C=O) groups excluding carboxylic acids is 1. The fourth-order valence-corrected chi connectivity index (χ4v) is 3.19. The van der Waals surface area contributed by atoms with Crippen molar-refractivity contribution in [3.63, 3.8) is 0 Å². The van der Waals surface area contributed by atoms with Crippen LogP contribution in [0.1, 0.15) is 24.2 Å². The van der Waals surface area contributed by atoms with Crippen molar-refractivity contribution in [3.05, 3.63) is 59.1 Å². The Morgan fingerprint density at radius 2 is 1.74 bits per heavy atom. The van der Waals surface area contributed by atoms with Gasteiger partial charge >= 0.3 is 0 Å². The first-order valence-corrected chi connectivity index (χ1v) is 8.84. The van der Waals surface area contributed by atoms with Crippen LogP contribution in [0.4, 0.5) is 5.69 Å². The topological polar surface area (TPSA) is 75.3 Å². The Labute approximate surface area is 140 Å². The van der Waals surface area contributed by atoms with E-state index in [-0.39, 0.29) is 33.1 Å². The molecule has 2 aromatic rings. The van der Waals surface area contributed by atoms with Crippen molar-refractivity contribution < 1.29 is 13.2 Å². The molecule has 0 aliphatic heterocycles. The molecule has 0 spiro atoms. The summed E-state index contributed by atoms with van der Waals surface area (Å²) in [7, 11) is -3.72. The molecule has 0 atom stereocenters. The Hall–Kier alpha value is -2.05. The lowest BCUT2D eigenvalue weighted by molar-refractivity contribution is 0.0943. The summed E-state index contributed by atoms with van der Waals surface area (Å²) in [6.45, 7) is 3.65. The summed E-state index contributed by atoms with van der Waals surface area (Å²) in [5.74, 6) is -0.356. The fourth-order valence-electron chi connectivity index (χ4n) is 1.92. The highest BCUT2D eigenvalue weighted by molar-refractivity contribution is 7.92.